The number of nitro groups is 1. The Morgan fingerprint density at radius 1 is 1.52 bits per heavy atom. The Bertz CT molecular complexity index is 538. The largest absolute Gasteiger partial charge is 0.336 e. The molecule has 1 amide bonds. The van der Waals surface area contributed by atoms with E-state index in [0.717, 1.165) is 12.8 Å². The first-order valence-electron chi connectivity index (χ1n) is 7.26. The van der Waals surface area contributed by atoms with Gasteiger partial charge in [0.15, 0.2) is 0 Å². The number of nitrogens with zero attached hydrogens (tertiary/aromatic N) is 3. The number of rotatable bonds is 4. The third-order valence-corrected chi connectivity index (χ3v) is 3.94. The number of carbonyl (C=O) groups is 1. The van der Waals surface area contributed by atoms with E-state index >= 15 is 0 Å². The Balaban J connectivity index is 2.27. The summed E-state index contributed by atoms with van der Waals surface area (Å²) >= 11 is 0. The van der Waals surface area contributed by atoms with Crippen LogP contribution in [0, 0.1) is 10.1 Å². The molecule has 1 fully saturated rings. The Morgan fingerprint density at radius 3 is 2.81 bits per heavy atom. The van der Waals surface area contributed by atoms with Crippen molar-refractivity contribution in [3.8, 4) is 0 Å². The summed E-state index contributed by atoms with van der Waals surface area (Å²) in [6.07, 6.45) is 3.44. The number of hydrogen-bond acceptors (Lipinski definition) is 4. The zero-order chi connectivity index (χ0) is 15.6. The first kappa shape index (κ1) is 15.5. The molecule has 1 aliphatic heterocycles. The van der Waals surface area contributed by atoms with Crippen molar-refractivity contribution in [2.24, 2.45) is 0 Å². The van der Waals surface area contributed by atoms with Gasteiger partial charge in [0.05, 0.1) is 11.1 Å². The normalized spacial score (nSPS) is 19.0. The third-order valence-electron chi connectivity index (χ3n) is 3.94. The summed E-state index contributed by atoms with van der Waals surface area (Å²) in [5, 5.41) is 14.1. The van der Waals surface area contributed by atoms with Crippen LogP contribution < -0.4 is 5.32 Å². The smallest absolute Gasteiger partial charge is 0.287 e. The molecular weight excluding hydrogens is 272 g/mol. The van der Waals surface area contributed by atoms with Gasteiger partial charge in [-0.2, -0.15) is 0 Å². The van der Waals surface area contributed by atoms with E-state index in [1.807, 2.05) is 20.9 Å². The van der Waals surface area contributed by atoms with E-state index in [9.17, 15) is 14.9 Å². The lowest BCUT2D eigenvalue weighted by atomic mass is 10.1. The molecular formula is C14H22N4O3. The van der Waals surface area contributed by atoms with Crippen LogP contribution in [0.25, 0.3) is 0 Å². The molecule has 1 unspecified atom stereocenters. The Kier molecular flexibility index (Phi) is 4.62. The molecule has 21 heavy (non-hydrogen) atoms. The van der Waals surface area contributed by atoms with Gasteiger partial charge in [-0.15, -0.1) is 0 Å². The van der Waals surface area contributed by atoms with Gasteiger partial charge in [-0.3, -0.25) is 14.9 Å². The van der Waals surface area contributed by atoms with Crippen molar-refractivity contribution < 1.29 is 9.72 Å². The summed E-state index contributed by atoms with van der Waals surface area (Å²) in [4.78, 5) is 24.9. The molecule has 0 spiro atoms. The summed E-state index contributed by atoms with van der Waals surface area (Å²) < 4.78 is 1.68. The highest BCUT2D eigenvalue weighted by Gasteiger charge is 2.28. The molecule has 116 valence electrons. The zero-order valence-electron chi connectivity index (χ0n) is 12.7. The van der Waals surface area contributed by atoms with Crippen LogP contribution in [0.3, 0.4) is 0 Å². The van der Waals surface area contributed by atoms with Crippen LogP contribution in [-0.2, 0) is 0 Å². The number of amides is 1. The van der Waals surface area contributed by atoms with Crippen molar-refractivity contribution in [3.63, 3.8) is 0 Å². The van der Waals surface area contributed by atoms with Crippen LogP contribution in [0.2, 0.25) is 0 Å². The molecule has 1 aliphatic rings. The average Bonchev–Trinajstić information content (AvgIpc) is 2.92. The lowest BCUT2D eigenvalue weighted by Crippen LogP contribution is -2.47. The van der Waals surface area contributed by atoms with Crippen molar-refractivity contribution in [2.75, 3.05) is 20.1 Å². The van der Waals surface area contributed by atoms with E-state index in [0.29, 0.717) is 24.8 Å². The minimum Gasteiger partial charge on any atom is -0.336 e. The minimum absolute atomic E-state index is 0.00235. The predicted octanol–water partition coefficient (Wildman–Crippen LogP) is 1.80. The maximum atomic E-state index is 12.7. The summed E-state index contributed by atoms with van der Waals surface area (Å²) in [6, 6.07) is 1.67. The number of carbonyl (C=O) groups excluding carboxylic acids is 1. The molecule has 1 saturated heterocycles. The topological polar surface area (TPSA) is 80.4 Å². The Labute approximate surface area is 124 Å². The molecule has 0 aromatic carbocycles. The van der Waals surface area contributed by atoms with Crippen molar-refractivity contribution in [3.05, 3.63) is 28.1 Å². The number of hydrogen-bond donors (Lipinski definition) is 1. The summed E-state index contributed by atoms with van der Waals surface area (Å²) in [6.45, 7) is 5.17. The van der Waals surface area contributed by atoms with Gasteiger partial charge in [0.1, 0.15) is 5.69 Å². The molecule has 0 bridgehead atoms. The maximum absolute atomic E-state index is 12.7. The highest BCUT2D eigenvalue weighted by atomic mass is 16.6. The van der Waals surface area contributed by atoms with E-state index in [1.54, 1.807) is 9.47 Å². The van der Waals surface area contributed by atoms with Crippen LogP contribution in [0.1, 0.15) is 43.2 Å². The van der Waals surface area contributed by atoms with Gasteiger partial charge < -0.3 is 14.8 Å². The fraction of sp³-hybridized carbons (Fsp3) is 0.643. The SMILES string of the molecule is CNC1CCCN(C(=O)c2cc([N+](=O)[O-])cn2C(C)C)C1. The summed E-state index contributed by atoms with van der Waals surface area (Å²) in [5.74, 6) is -0.128. The second kappa shape index (κ2) is 6.26. The van der Waals surface area contributed by atoms with Gasteiger partial charge >= 0.3 is 0 Å². The van der Waals surface area contributed by atoms with E-state index in [1.165, 1.54) is 12.3 Å². The first-order valence-corrected chi connectivity index (χ1v) is 7.26. The number of likely N-dealkylation sites (tertiary alicyclic amines) is 1. The van der Waals surface area contributed by atoms with Crippen molar-refractivity contribution in [2.45, 2.75) is 38.8 Å². The third kappa shape index (κ3) is 3.24. The van der Waals surface area contributed by atoms with Gasteiger partial charge in [0.2, 0.25) is 0 Å². The summed E-state index contributed by atoms with van der Waals surface area (Å²) in [5.41, 5.74) is 0.364. The molecule has 0 aliphatic carbocycles. The quantitative estimate of drug-likeness (QED) is 0.678. The Hall–Kier alpha value is -1.89. The maximum Gasteiger partial charge on any atom is 0.287 e. The lowest BCUT2D eigenvalue weighted by Gasteiger charge is -2.32. The zero-order valence-corrected chi connectivity index (χ0v) is 12.7. The van der Waals surface area contributed by atoms with Crippen LogP contribution in [-0.4, -0.2) is 46.5 Å². The predicted molar refractivity (Wildman–Crippen MR) is 79.5 cm³/mol. The lowest BCUT2D eigenvalue weighted by molar-refractivity contribution is -0.384. The van der Waals surface area contributed by atoms with Crippen LogP contribution >= 0.6 is 0 Å². The van der Waals surface area contributed by atoms with Gasteiger partial charge in [-0.1, -0.05) is 0 Å². The molecule has 7 heteroatoms. The standard InChI is InChI=1S/C14H22N4O3/c1-10(2)17-9-12(18(20)21)7-13(17)14(19)16-6-4-5-11(8-16)15-3/h7,9-11,15H,4-6,8H2,1-3H3. The van der Waals surface area contributed by atoms with Crippen LogP contribution in [0.5, 0.6) is 0 Å². The molecule has 1 N–H and O–H groups in total. The van der Waals surface area contributed by atoms with E-state index in [4.69, 9.17) is 0 Å². The van der Waals surface area contributed by atoms with E-state index < -0.39 is 4.92 Å². The molecule has 2 rings (SSSR count). The van der Waals surface area contributed by atoms with Crippen molar-refractivity contribution in [1.29, 1.82) is 0 Å². The van der Waals surface area contributed by atoms with Gasteiger partial charge in [0, 0.05) is 31.2 Å². The monoisotopic (exact) mass is 294 g/mol. The molecule has 1 aromatic rings. The number of likely N-dealkylation sites (N-methyl/N-ethyl adjacent to an activating group) is 1. The average molecular weight is 294 g/mol. The minimum atomic E-state index is -0.456. The number of aromatic nitrogens is 1. The molecule has 1 aromatic heterocycles. The van der Waals surface area contributed by atoms with Gasteiger partial charge in [-0.25, -0.2) is 0 Å². The summed E-state index contributed by atoms with van der Waals surface area (Å²) in [7, 11) is 1.89. The number of nitrogens with one attached hydrogen (secondary N) is 1. The van der Waals surface area contributed by atoms with Gasteiger partial charge in [-0.05, 0) is 33.7 Å². The molecule has 1 atom stereocenters. The van der Waals surface area contributed by atoms with Crippen LogP contribution in [0.15, 0.2) is 12.3 Å². The number of piperidine rings is 1. The fourth-order valence-corrected chi connectivity index (χ4v) is 2.72. The highest BCUT2D eigenvalue weighted by Crippen LogP contribution is 2.23. The van der Waals surface area contributed by atoms with Crippen LogP contribution in [0.4, 0.5) is 5.69 Å². The first-order chi connectivity index (χ1) is 9.93. The van der Waals surface area contributed by atoms with Crippen molar-refractivity contribution in [1.82, 2.24) is 14.8 Å². The van der Waals surface area contributed by atoms with E-state index in [-0.39, 0.29) is 17.6 Å². The van der Waals surface area contributed by atoms with E-state index in [2.05, 4.69) is 5.32 Å². The molecule has 7 nitrogen and oxygen atoms in total. The Morgan fingerprint density at radius 2 is 2.24 bits per heavy atom. The fourth-order valence-electron chi connectivity index (χ4n) is 2.72. The molecule has 0 saturated carbocycles. The second-order valence-corrected chi connectivity index (χ2v) is 5.72. The second-order valence-electron chi connectivity index (χ2n) is 5.72. The van der Waals surface area contributed by atoms with Crippen molar-refractivity contribution >= 4 is 11.6 Å². The molecule has 0 radical (unpaired) electrons. The van der Waals surface area contributed by atoms with Gasteiger partial charge in [0.25, 0.3) is 11.6 Å². The molecule has 2 heterocycles. The highest BCUT2D eigenvalue weighted by molar-refractivity contribution is 5.93.